The van der Waals surface area contributed by atoms with Gasteiger partial charge in [-0.2, -0.15) is 0 Å². The molecule has 5 unspecified atom stereocenters. The zero-order valence-corrected chi connectivity index (χ0v) is 16.4. The van der Waals surface area contributed by atoms with Gasteiger partial charge in [-0.05, 0) is 24.3 Å². The summed E-state index contributed by atoms with van der Waals surface area (Å²) in [6.45, 7) is 3.41. The first-order chi connectivity index (χ1) is 13.2. The number of hydrogen-bond acceptors (Lipinski definition) is 9. The van der Waals surface area contributed by atoms with E-state index >= 15 is 0 Å². The molecule has 1 aliphatic rings. The summed E-state index contributed by atoms with van der Waals surface area (Å²) in [5.74, 6) is -1.39. The van der Waals surface area contributed by atoms with Crippen LogP contribution in [-0.2, 0) is 33.3 Å². The molecule has 5 atom stereocenters. The van der Waals surface area contributed by atoms with Crippen LogP contribution in [0.2, 0.25) is 5.02 Å². The molecule has 1 aromatic carbocycles. The lowest BCUT2D eigenvalue weighted by Gasteiger charge is -2.43. The van der Waals surface area contributed by atoms with Gasteiger partial charge in [0, 0.05) is 25.8 Å². The number of benzene rings is 1. The fourth-order valence-corrected chi connectivity index (χ4v) is 2.82. The number of ether oxygens (including phenoxy) is 5. The molecule has 0 radical (unpaired) electrons. The van der Waals surface area contributed by atoms with E-state index in [-0.39, 0.29) is 6.61 Å². The molecule has 1 fully saturated rings. The molecule has 1 aromatic rings. The molecule has 9 nitrogen and oxygen atoms in total. The van der Waals surface area contributed by atoms with E-state index in [9.17, 15) is 14.4 Å². The van der Waals surface area contributed by atoms with Gasteiger partial charge >= 0.3 is 17.9 Å². The van der Waals surface area contributed by atoms with Crippen molar-refractivity contribution in [3.05, 3.63) is 29.3 Å². The third-order valence-electron chi connectivity index (χ3n) is 3.82. The summed E-state index contributed by atoms with van der Waals surface area (Å²) in [4.78, 5) is 34.2. The molecular weight excluding hydrogens is 394 g/mol. The van der Waals surface area contributed by atoms with Crippen LogP contribution in [0.15, 0.2) is 24.3 Å². The first kappa shape index (κ1) is 21.9. The lowest BCUT2D eigenvalue weighted by Crippen LogP contribution is -2.65. The highest BCUT2D eigenvalue weighted by Gasteiger charge is 2.49. The van der Waals surface area contributed by atoms with Crippen molar-refractivity contribution in [1.29, 1.82) is 0 Å². The van der Waals surface area contributed by atoms with Gasteiger partial charge < -0.3 is 29.4 Å². The molecule has 1 saturated heterocycles. The Balaban J connectivity index is 2.28. The third-order valence-corrected chi connectivity index (χ3v) is 4.08. The van der Waals surface area contributed by atoms with E-state index in [0.29, 0.717) is 10.8 Å². The fourth-order valence-electron chi connectivity index (χ4n) is 2.69. The molecule has 0 amide bonds. The summed E-state index contributed by atoms with van der Waals surface area (Å²) in [5, 5.41) is 0.507. The summed E-state index contributed by atoms with van der Waals surface area (Å²) in [6, 6.07) is 5.43. The van der Waals surface area contributed by atoms with Gasteiger partial charge in [-0.25, -0.2) is 0 Å². The zero-order chi connectivity index (χ0) is 20.8. The van der Waals surface area contributed by atoms with Gasteiger partial charge in [-0.1, -0.05) is 11.6 Å². The molecule has 2 N–H and O–H groups in total. The molecule has 2 rings (SSSR count). The zero-order valence-electron chi connectivity index (χ0n) is 15.6. The Morgan fingerprint density at radius 1 is 1.00 bits per heavy atom. The van der Waals surface area contributed by atoms with Crippen molar-refractivity contribution in [3.8, 4) is 5.75 Å². The minimum absolute atomic E-state index is 0.228. The smallest absolute Gasteiger partial charge is 0.303 e. The molecule has 0 spiro atoms. The maximum atomic E-state index is 11.5. The number of carbonyl (C=O) groups excluding carboxylic acids is 3. The summed E-state index contributed by atoms with van der Waals surface area (Å²) in [6.07, 6.45) is -4.16. The van der Waals surface area contributed by atoms with Crippen LogP contribution >= 0.6 is 11.6 Å². The maximum Gasteiger partial charge on any atom is 0.303 e. The van der Waals surface area contributed by atoms with Crippen molar-refractivity contribution >= 4 is 29.5 Å². The molecule has 28 heavy (non-hydrogen) atoms. The van der Waals surface area contributed by atoms with Crippen molar-refractivity contribution in [2.24, 2.45) is 5.73 Å². The van der Waals surface area contributed by atoms with Crippen molar-refractivity contribution in [3.63, 3.8) is 0 Å². The van der Waals surface area contributed by atoms with Gasteiger partial charge in [0.2, 0.25) is 6.29 Å². The topological polar surface area (TPSA) is 123 Å². The third kappa shape index (κ3) is 6.08. The molecule has 1 heterocycles. The molecular formula is C18H22ClNO8. The Kier molecular flexibility index (Phi) is 7.61. The van der Waals surface area contributed by atoms with E-state index < -0.39 is 48.6 Å². The van der Waals surface area contributed by atoms with Crippen LogP contribution in [0.4, 0.5) is 0 Å². The van der Waals surface area contributed by atoms with Crippen molar-refractivity contribution in [2.75, 3.05) is 6.61 Å². The quantitative estimate of drug-likeness (QED) is 0.539. The normalized spacial score (nSPS) is 26.8. The molecule has 0 saturated carbocycles. The van der Waals surface area contributed by atoms with E-state index in [1.807, 2.05) is 0 Å². The standard InChI is InChI=1S/C18H22ClNO8/c1-9(21)24-8-14-16(25-10(2)22)15(20)17(26-11(3)23)18(28-14)27-13-6-4-12(19)5-7-13/h4-7,14-18H,8,20H2,1-3H3. The lowest BCUT2D eigenvalue weighted by atomic mass is 9.96. The van der Waals surface area contributed by atoms with Crippen LogP contribution in [-0.4, -0.2) is 55.2 Å². The summed E-state index contributed by atoms with van der Waals surface area (Å²) < 4.78 is 27.0. The SMILES string of the molecule is CC(=O)OCC1OC(Oc2ccc(Cl)cc2)C(OC(C)=O)C(N)C1OC(C)=O. The van der Waals surface area contributed by atoms with E-state index in [1.54, 1.807) is 24.3 Å². The summed E-state index contributed by atoms with van der Waals surface area (Å²) >= 11 is 5.86. The predicted octanol–water partition coefficient (Wildman–Crippen LogP) is 1.20. The second kappa shape index (κ2) is 9.72. The van der Waals surface area contributed by atoms with E-state index in [0.717, 1.165) is 0 Å². The van der Waals surface area contributed by atoms with Gasteiger partial charge in [0.15, 0.2) is 12.2 Å². The van der Waals surface area contributed by atoms with Gasteiger partial charge in [0.1, 0.15) is 18.5 Å². The van der Waals surface area contributed by atoms with Crippen LogP contribution in [0.1, 0.15) is 20.8 Å². The second-order valence-electron chi connectivity index (χ2n) is 6.14. The fraction of sp³-hybridized carbons (Fsp3) is 0.500. The molecule has 154 valence electrons. The minimum Gasteiger partial charge on any atom is -0.463 e. The first-order valence-corrected chi connectivity index (χ1v) is 8.86. The molecule has 0 aliphatic carbocycles. The van der Waals surface area contributed by atoms with Gasteiger partial charge in [-0.3, -0.25) is 14.4 Å². The largest absolute Gasteiger partial charge is 0.463 e. The number of halogens is 1. The maximum absolute atomic E-state index is 11.5. The average Bonchev–Trinajstić information content (AvgIpc) is 2.60. The van der Waals surface area contributed by atoms with E-state index in [1.165, 1.54) is 20.8 Å². The first-order valence-electron chi connectivity index (χ1n) is 8.48. The lowest BCUT2D eigenvalue weighted by molar-refractivity contribution is -0.259. The molecule has 1 aliphatic heterocycles. The monoisotopic (exact) mass is 415 g/mol. The van der Waals surface area contributed by atoms with Crippen molar-refractivity contribution < 1.29 is 38.1 Å². The Morgan fingerprint density at radius 3 is 2.11 bits per heavy atom. The summed E-state index contributed by atoms with van der Waals surface area (Å²) in [5.41, 5.74) is 6.21. The Hall–Kier alpha value is -2.36. The molecule has 10 heteroatoms. The Morgan fingerprint density at radius 2 is 1.57 bits per heavy atom. The van der Waals surface area contributed by atoms with Crippen LogP contribution in [0, 0.1) is 0 Å². The number of esters is 3. The van der Waals surface area contributed by atoms with Crippen LogP contribution < -0.4 is 10.5 Å². The highest BCUT2D eigenvalue weighted by atomic mass is 35.5. The average molecular weight is 416 g/mol. The Labute approximate surface area is 167 Å². The number of nitrogens with two attached hydrogens (primary N) is 1. The van der Waals surface area contributed by atoms with Gasteiger partial charge in [0.05, 0.1) is 6.04 Å². The number of rotatable bonds is 6. The van der Waals surface area contributed by atoms with E-state index in [2.05, 4.69) is 0 Å². The van der Waals surface area contributed by atoms with Crippen LogP contribution in [0.25, 0.3) is 0 Å². The highest BCUT2D eigenvalue weighted by molar-refractivity contribution is 6.30. The van der Waals surface area contributed by atoms with Crippen LogP contribution in [0.5, 0.6) is 5.75 Å². The number of carbonyl (C=O) groups is 3. The Bertz CT molecular complexity index is 708. The molecule has 0 aromatic heterocycles. The summed E-state index contributed by atoms with van der Waals surface area (Å²) in [7, 11) is 0. The number of hydrogen-bond donors (Lipinski definition) is 1. The minimum atomic E-state index is -1.13. The van der Waals surface area contributed by atoms with Gasteiger partial charge in [0.25, 0.3) is 0 Å². The predicted molar refractivity (Wildman–Crippen MR) is 96.5 cm³/mol. The van der Waals surface area contributed by atoms with Crippen molar-refractivity contribution in [1.82, 2.24) is 0 Å². The van der Waals surface area contributed by atoms with Gasteiger partial charge in [-0.15, -0.1) is 0 Å². The van der Waals surface area contributed by atoms with Crippen LogP contribution in [0.3, 0.4) is 0 Å². The highest BCUT2D eigenvalue weighted by Crippen LogP contribution is 2.28. The van der Waals surface area contributed by atoms with E-state index in [4.69, 9.17) is 41.0 Å². The second-order valence-corrected chi connectivity index (χ2v) is 6.58. The van der Waals surface area contributed by atoms with Crippen molar-refractivity contribution in [2.45, 2.75) is 51.4 Å². The molecule has 0 bridgehead atoms.